The van der Waals surface area contributed by atoms with E-state index in [2.05, 4.69) is 29.9 Å². The number of hydrogen-bond acceptors (Lipinski definition) is 8. The summed E-state index contributed by atoms with van der Waals surface area (Å²) in [7, 11) is 0. The van der Waals surface area contributed by atoms with Crippen LogP contribution in [0.2, 0.25) is 0 Å². The van der Waals surface area contributed by atoms with Crippen LogP contribution in [0.3, 0.4) is 0 Å². The number of aryl methyl sites for hydroxylation is 2. The zero-order valence-electron chi connectivity index (χ0n) is 32.8. The predicted octanol–water partition coefficient (Wildman–Crippen LogP) is 8.75. The molecular formula is C42H54N4O8. The van der Waals surface area contributed by atoms with Crippen LogP contribution < -0.4 is 0 Å². The van der Waals surface area contributed by atoms with Gasteiger partial charge in [0.25, 0.3) is 0 Å². The first-order valence-corrected chi connectivity index (χ1v) is 18.8. The van der Waals surface area contributed by atoms with Crippen molar-refractivity contribution in [3.05, 3.63) is 69.3 Å². The first-order valence-electron chi connectivity index (χ1n) is 18.8. The number of carbonyl (C=O) groups is 2. The highest BCUT2D eigenvalue weighted by Gasteiger charge is 2.24. The molecule has 2 aliphatic rings. The van der Waals surface area contributed by atoms with Crippen molar-refractivity contribution in [1.82, 2.24) is 19.9 Å². The maximum atomic E-state index is 11.8. The number of fused-ring (bicyclic) bond motifs is 8. The molecule has 0 saturated heterocycles. The minimum Gasteiger partial charge on any atom is -0.481 e. The summed E-state index contributed by atoms with van der Waals surface area (Å²) in [4.78, 5) is 41.0. The summed E-state index contributed by atoms with van der Waals surface area (Å²) in [5.41, 5.74) is 13.5. The standard InChI is InChI=1S/C42H54N4O8/c1-9-51-15-17-53-27(7)41-25(5)33-19-31-23(3)29(11-13-39(47)48)35(43-31)22-36-30(12-14-40(49)50)24(4)32(44-36)20-37-42(28(8)54-18-16-52-10-2)26(6)34(46-37)21-38(41)45-33/h19-22,27-28,45-46H,9-18H2,1-8H3,(H,47,48)(H,49,50). The molecule has 12 nitrogen and oxygen atoms in total. The third-order valence-corrected chi connectivity index (χ3v) is 10.2. The van der Waals surface area contributed by atoms with E-state index in [1.54, 1.807) is 0 Å². The molecule has 0 amide bonds. The maximum Gasteiger partial charge on any atom is 0.303 e. The predicted molar refractivity (Wildman–Crippen MR) is 211 cm³/mol. The van der Waals surface area contributed by atoms with Gasteiger partial charge in [-0.05, 0) is 126 Å². The Kier molecular flexibility index (Phi) is 13.6. The van der Waals surface area contributed by atoms with Crippen molar-refractivity contribution >= 4 is 56.3 Å². The van der Waals surface area contributed by atoms with Crippen molar-refractivity contribution in [3.63, 3.8) is 0 Å². The second-order valence-electron chi connectivity index (χ2n) is 13.7. The highest BCUT2D eigenvalue weighted by molar-refractivity contribution is 5.96. The van der Waals surface area contributed by atoms with Crippen molar-refractivity contribution in [2.45, 2.75) is 93.3 Å². The van der Waals surface area contributed by atoms with Crippen molar-refractivity contribution in [3.8, 4) is 0 Å². The molecule has 0 fully saturated rings. The van der Waals surface area contributed by atoms with Gasteiger partial charge in [-0.3, -0.25) is 9.59 Å². The van der Waals surface area contributed by atoms with E-state index < -0.39 is 11.9 Å². The van der Waals surface area contributed by atoms with Crippen LogP contribution in [0, 0.1) is 13.8 Å². The highest BCUT2D eigenvalue weighted by atomic mass is 16.5. The molecule has 0 aliphatic carbocycles. The van der Waals surface area contributed by atoms with Crippen LogP contribution in [-0.4, -0.2) is 81.7 Å². The summed E-state index contributed by atoms with van der Waals surface area (Å²) >= 11 is 0. The van der Waals surface area contributed by atoms with E-state index in [0.717, 1.165) is 66.6 Å². The number of aliphatic carboxylic acids is 2. The zero-order chi connectivity index (χ0) is 39.1. The Hall–Kier alpha value is -4.62. The van der Waals surface area contributed by atoms with Gasteiger partial charge in [0.15, 0.2) is 0 Å². The van der Waals surface area contributed by atoms with Gasteiger partial charge in [0, 0.05) is 59.2 Å². The lowest BCUT2D eigenvalue weighted by atomic mass is 9.98. The molecule has 2 unspecified atom stereocenters. The molecule has 290 valence electrons. The van der Waals surface area contributed by atoms with E-state index in [9.17, 15) is 19.8 Å². The average Bonchev–Trinajstić information content (AvgIpc) is 3.79. The van der Waals surface area contributed by atoms with Crippen LogP contribution in [0.5, 0.6) is 0 Å². The van der Waals surface area contributed by atoms with Gasteiger partial charge in [-0.2, -0.15) is 0 Å². The van der Waals surface area contributed by atoms with E-state index in [1.807, 2.05) is 59.7 Å². The van der Waals surface area contributed by atoms with Crippen molar-refractivity contribution < 1.29 is 38.7 Å². The van der Waals surface area contributed by atoms with Gasteiger partial charge >= 0.3 is 11.9 Å². The number of rotatable bonds is 18. The fourth-order valence-corrected chi connectivity index (χ4v) is 7.31. The lowest BCUT2D eigenvalue weighted by Gasteiger charge is -2.14. The number of H-pyrrole nitrogens is 2. The molecule has 0 spiro atoms. The molecule has 54 heavy (non-hydrogen) atoms. The molecule has 3 aromatic rings. The van der Waals surface area contributed by atoms with Gasteiger partial charge in [0.2, 0.25) is 0 Å². The molecule has 8 bridgehead atoms. The Morgan fingerprint density at radius 3 is 1.44 bits per heavy atom. The van der Waals surface area contributed by atoms with Crippen LogP contribution in [0.4, 0.5) is 0 Å². The Morgan fingerprint density at radius 2 is 1.02 bits per heavy atom. The third kappa shape index (κ3) is 9.18. The number of allylic oxidation sites excluding steroid dienone is 4. The minimum atomic E-state index is -0.902. The van der Waals surface area contributed by atoms with Crippen LogP contribution in [0.1, 0.15) is 124 Å². The summed E-state index contributed by atoms with van der Waals surface area (Å²) in [6.45, 7) is 19.1. The Balaban J connectivity index is 1.86. The van der Waals surface area contributed by atoms with Crippen LogP contribution in [0.25, 0.3) is 44.4 Å². The highest BCUT2D eigenvalue weighted by Crippen LogP contribution is 2.39. The van der Waals surface area contributed by atoms with E-state index in [0.29, 0.717) is 62.4 Å². The first-order chi connectivity index (χ1) is 25.8. The quantitative estimate of drug-likeness (QED) is 0.0925. The van der Waals surface area contributed by atoms with Gasteiger partial charge in [-0.25, -0.2) is 9.97 Å². The molecule has 4 N–H and O–H groups in total. The Morgan fingerprint density at radius 1 is 0.611 bits per heavy atom. The molecule has 12 heteroatoms. The van der Waals surface area contributed by atoms with Crippen LogP contribution in [-0.2, 0) is 28.5 Å². The number of nitrogens with one attached hydrogen (secondary N) is 2. The number of ether oxygens (including phenoxy) is 4. The Labute approximate surface area is 316 Å². The van der Waals surface area contributed by atoms with Gasteiger partial charge in [0.1, 0.15) is 0 Å². The molecular weight excluding hydrogens is 688 g/mol. The summed E-state index contributed by atoms with van der Waals surface area (Å²) in [6, 6.07) is 7.99. The average molecular weight is 743 g/mol. The number of aromatic amines is 2. The number of hydrogen-bond donors (Lipinski definition) is 4. The fraction of sp³-hybridized carbons (Fsp3) is 0.476. The SMILES string of the molecule is CCOCCOC(C)c1c(C)c2cc3[nH]c(cc4nc(cc5nc(cc1[nH]2)C(C)=C5CCC(=O)O)C(CCC(=O)O)=C4C)c(C)c3C(C)OCCOCC. The van der Waals surface area contributed by atoms with Gasteiger partial charge < -0.3 is 39.1 Å². The molecule has 5 heterocycles. The maximum absolute atomic E-state index is 11.8. The van der Waals surface area contributed by atoms with Crippen LogP contribution >= 0.6 is 0 Å². The summed E-state index contributed by atoms with van der Waals surface area (Å²) < 4.78 is 23.7. The van der Waals surface area contributed by atoms with Crippen molar-refractivity contribution in [2.24, 2.45) is 0 Å². The number of aromatic nitrogens is 4. The topological polar surface area (TPSA) is 169 Å². The molecule has 0 saturated carbocycles. The van der Waals surface area contributed by atoms with Gasteiger partial charge in [0.05, 0.1) is 61.4 Å². The molecule has 5 rings (SSSR count). The third-order valence-electron chi connectivity index (χ3n) is 10.2. The second-order valence-corrected chi connectivity index (χ2v) is 13.7. The smallest absolute Gasteiger partial charge is 0.303 e. The largest absolute Gasteiger partial charge is 0.481 e. The summed E-state index contributed by atoms with van der Waals surface area (Å²) in [6.07, 6.45) is -0.112. The van der Waals surface area contributed by atoms with Gasteiger partial charge in [-0.15, -0.1) is 0 Å². The number of nitrogens with zero attached hydrogens (tertiary/aromatic N) is 2. The van der Waals surface area contributed by atoms with E-state index in [4.69, 9.17) is 28.9 Å². The van der Waals surface area contributed by atoms with E-state index >= 15 is 0 Å². The monoisotopic (exact) mass is 742 g/mol. The van der Waals surface area contributed by atoms with Crippen molar-refractivity contribution in [1.29, 1.82) is 0 Å². The second kappa shape index (κ2) is 18.1. The van der Waals surface area contributed by atoms with Crippen molar-refractivity contribution in [2.75, 3.05) is 39.6 Å². The lowest BCUT2D eigenvalue weighted by molar-refractivity contribution is -0.137. The number of carboxylic acids is 2. The van der Waals surface area contributed by atoms with E-state index in [1.165, 1.54) is 0 Å². The van der Waals surface area contributed by atoms with Gasteiger partial charge in [-0.1, -0.05) is 0 Å². The molecule has 2 aliphatic heterocycles. The molecule has 2 atom stereocenters. The number of carboxylic acid groups (broad SMARTS) is 2. The minimum absolute atomic E-state index is 0.0611. The summed E-state index contributed by atoms with van der Waals surface area (Å²) in [5, 5.41) is 19.3. The normalized spacial score (nSPS) is 14.2. The zero-order valence-corrected chi connectivity index (χ0v) is 32.8. The Bertz CT molecular complexity index is 2110. The lowest BCUT2D eigenvalue weighted by Crippen LogP contribution is -2.08. The molecule has 3 aromatic heterocycles. The van der Waals surface area contributed by atoms with E-state index in [-0.39, 0.29) is 37.9 Å². The van der Waals surface area contributed by atoms with Crippen LogP contribution in [0.15, 0.2) is 24.3 Å². The summed E-state index contributed by atoms with van der Waals surface area (Å²) in [5.74, 6) is -1.80. The molecule has 0 aromatic carbocycles. The molecule has 0 radical (unpaired) electrons. The fourth-order valence-electron chi connectivity index (χ4n) is 7.31. The first kappa shape index (κ1) is 40.6.